The van der Waals surface area contributed by atoms with Crippen molar-refractivity contribution < 1.29 is 17.6 Å². The zero-order valence-electron chi connectivity index (χ0n) is 20.0. The molecular weight excluding hydrogens is 548 g/mol. The van der Waals surface area contributed by atoms with Gasteiger partial charge in [0.1, 0.15) is 18.0 Å². The molecule has 0 unspecified atom stereocenters. The summed E-state index contributed by atoms with van der Waals surface area (Å²) in [6, 6.07) is 20.0. The number of rotatable bonds is 9. The third kappa shape index (κ3) is 5.89. The van der Waals surface area contributed by atoms with Gasteiger partial charge in [-0.2, -0.15) is 0 Å². The predicted molar refractivity (Wildman–Crippen MR) is 143 cm³/mol. The molecule has 0 aliphatic carbocycles. The zero-order valence-corrected chi connectivity index (χ0v) is 22.4. The van der Waals surface area contributed by atoms with Gasteiger partial charge < -0.3 is 9.15 Å². The highest BCUT2D eigenvalue weighted by Gasteiger charge is 2.22. The van der Waals surface area contributed by atoms with Crippen LogP contribution in [0.1, 0.15) is 11.5 Å². The molecule has 2 aromatic heterocycles. The van der Waals surface area contributed by atoms with E-state index in [2.05, 4.69) is 20.5 Å². The van der Waals surface area contributed by atoms with E-state index in [1.54, 1.807) is 24.1 Å². The first-order chi connectivity index (χ1) is 18.3. The van der Waals surface area contributed by atoms with Gasteiger partial charge in [0.15, 0.2) is 0 Å². The van der Waals surface area contributed by atoms with Crippen LogP contribution in [-0.4, -0.2) is 40.7 Å². The minimum atomic E-state index is -4.05. The number of sulfonamides is 1. The van der Waals surface area contributed by atoms with Crippen molar-refractivity contribution in [3.63, 3.8) is 0 Å². The largest absolute Gasteiger partial charge is 0.497 e. The number of nitrogens with two attached hydrogens (primary N) is 1. The van der Waals surface area contributed by atoms with Gasteiger partial charge in [0.05, 0.1) is 28.8 Å². The molecule has 10 nitrogen and oxygen atoms in total. The molecular formula is C25H21ClN6O4S2. The molecule has 38 heavy (non-hydrogen) atoms. The number of hydrogen-bond acceptors (Lipinski definition) is 9. The highest BCUT2D eigenvalue weighted by molar-refractivity contribution is 7.99. The maximum absolute atomic E-state index is 12.4. The maximum atomic E-state index is 12.4. The van der Waals surface area contributed by atoms with Gasteiger partial charge in [0, 0.05) is 16.2 Å². The fraction of sp³-hybridized carbons (Fsp3) is 0.120. The van der Waals surface area contributed by atoms with Gasteiger partial charge in [0.2, 0.25) is 21.8 Å². The summed E-state index contributed by atoms with van der Waals surface area (Å²) in [6.07, 6.45) is 1.75. The first kappa shape index (κ1) is 25.9. The van der Waals surface area contributed by atoms with Gasteiger partial charge in [0.25, 0.3) is 0 Å². The molecule has 0 fully saturated rings. The summed E-state index contributed by atoms with van der Waals surface area (Å²) in [5.41, 5.74) is 2.83. The molecule has 0 amide bonds. The van der Waals surface area contributed by atoms with Crippen molar-refractivity contribution in [1.82, 2.24) is 25.2 Å². The van der Waals surface area contributed by atoms with Crippen LogP contribution in [0.3, 0.4) is 0 Å². The molecule has 0 atom stereocenters. The lowest BCUT2D eigenvalue weighted by atomic mass is 10.2. The van der Waals surface area contributed by atoms with Crippen molar-refractivity contribution in [2.75, 3.05) is 7.11 Å². The molecule has 2 heterocycles. The number of halogens is 1. The Bertz CT molecular complexity index is 1670. The van der Waals surface area contributed by atoms with Crippen LogP contribution in [0.5, 0.6) is 5.75 Å². The molecule has 13 heteroatoms. The Kier molecular flexibility index (Phi) is 7.47. The maximum Gasteiger partial charge on any atom is 0.249 e. The molecule has 0 aliphatic heterocycles. The van der Waals surface area contributed by atoms with E-state index in [0.29, 0.717) is 16.3 Å². The summed E-state index contributed by atoms with van der Waals surface area (Å²) < 4.78 is 37.3. The Morgan fingerprint density at radius 3 is 2.53 bits per heavy atom. The predicted octanol–water partition coefficient (Wildman–Crippen LogP) is 4.65. The third-order valence-corrected chi connectivity index (χ3v) is 8.02. The standard InChI is InChI=1S/C25H21ClN6O4S2/c1-35-18-9-7-17(8-10-18)21-13-32(31-28-21)14-24-29-30-25(36-24)19-11-23(38(27,33)34)22(12-20(19)26)37-15-16-5-3-2-4-6-16/h2-13H,14-15H2,1H3,(H2,27,33,34). The van der Waals surface area contributed by atoms with Gasteiger partial charge in [-0.05, 0) is 42.0 Å². The van der Waals surface area contributed by atoms with Crippen LogP contribution < -0.4 is 9.88 Å². The Hall–Kier alpha value is -3.71. The van der Waals surface area contributed by atoms with E-state index < -0.39 is 10.0 Å². The third-order valence-electron chi connectivity index (χ3n) is 5.50. The summed E-state index contributed by atoms with van der Waals surface area (Å²) in [5.74, 6) is 1.58. The monoisotopic (exact) mass is 568 g/mol. The van der Waals surface area contributed by atoms with Crippen molar-refractivity contribution in [3.05, 3.63) is 89.4 Å². The van der Waals surface area contributed by atoms with E-state index in [9.17, 15) is 8.42 Å². The number of nitrogens with zero attached hydrogens (tertiary/aromatic N) is 5. The Morgan fingerprint density at radius 2 is 1.82 bits per heavy atom. The van der Waals surface area contributed by atoms with Crippen LogP contribution in [-0.2, 0) is 22.3 Å². The van der Waals surface area contributed by atoms with Crippen molar-refractivity contribution in [3.8, 4) is 28.5 Å². The lowest BCUT2D eigenvalue weighted by molar-refractivity contribution is 0.415. The molecule has 0 radical (unpaired) electrons. The Labute approximate surface area is 227 Å². The molecule has 3 aromatic carbocycles. The van der Waals surface area contributed by atoms with Gasteiger partial charge in [-0.15, -0.1) is 27.1 Å². The average Bonchev–Trinajstić information content (AvgIpc) is 3.57. The highest BCUT2D eigenvalue weighted by Crippen LogP contribution is 2.37. The fourth-order valence-electron chi connectivity index (χ4n) is 3.60. The van der Waals surface area contributed by atoms with Crippen LogP contribution in [0, 0.1) is 0 Å². The van der Waals surface area contributed by atoms with E-state index in [-0.39, 0.29) is 33.8 Å². The van der Waals surface area contributed by atoms with Crippen molar-refractivity contribution in [1.29, 1.82) is 0 Å². The van der Waals surface area contributed by atoms with Gasteiger partial charge >= 0.3 is 0 Å². The van der Waals surface area contributed by atoms with Crippen LogP contribution in [0.4, 0.5) is 0 Å². The molecule has 0 saturated heterocycles. The van der Waals surface area contributed by atoms with Gasteiger partial charge in [-0.1, -0.05) is 47.1 Å². The number of ether oxygens (including phenoxy) is 1. The normalized spacial score (nSPS) is 11.6. The summed E-state index contributed by atoms with van der Waals surface area (Å²) in [6.45, 7) is 0.154. The van der Waals surface area contributed by atoms with Gasteiger partial charge in [-0.25, -0.2) is 18.2 Å². The number of methoxy groups -OCH3 is 1. The SMILES string of the molecule is COc1ccc(-c2cn(Cc3nnc(-c4cc(S(N)(=O)=O)c(SCc5ccccc5)cc4Cl)o3)nn2)cc1. The lowest BCUT2D eigenvalue weighted by Crippen LogP contribution is -2.13. The molecule has 5 rings (SSSR count). The van der Waals surface area contributed by atoms with Gasteiger partial charge in [-0.3, -0.25) is 0 Å². The van der Waals surface area contributed by atoms with Crippen LogP contribution in [0.25, 0.3) is 22.7 Å². The summed E-state index contributed by atoms with van der Waals surface area (Å²) in [5, 5.41) is 22.2. The second kappa shape index (κ2) is 11.0. The summed E-state index contributed by atoms with van der Waals surface area (Å²) in [7, 11) is -2.45. The number of benzene rings is 3. The van der Waals surface area contributed by atoms with E-state index >= 15 is 0 Å². The minimum Gasteiger partial charge on any atom is -0.497 e. The first-order valence-electron chi connectivity index (χ1n) is 11.2. The molecule has 0 spiro atoms. The number of aromatic nitrogens is 5. The molecule has 0 bridgehead atoms. The van der Waals surface area contributed by atoms with E-state index in [0.717, 1.165) is 16.9 Å². The molecule has 0 saturated carbocycles. The number of hydrogen-bond donors (Lipinski definition) is 1. The average molecular weight is 569 g/mol. The summed E-state index contributed by atoms with van der Waals surface area (Å²) in [4.78, 5) is 0.358. The quantitative estimate of drug-likeness (QED) is 0.252. The second-order valence-corrected chi connectivity index (χ2v) is 11.1. The molecule has 194 valence electrons. The van der Waals surface area contributed by atoms with E-state index in [1.807, 2.05) is 54.6 Å². The lowest BCUT2D eigenvalue weighted by Gasteiger charge is -2.10. The smallest absolute Gasteiger partial charge is 0.249 e. The first-order valence-corrected chi connectivity index (χ1v) is 14.1. The van der Waals surface area contributed by atoms with Crippen LogP contribution in [0.15, 0.2) is 87.1 Å². The molecule has 0 aliphatic rings. The fourth-order valence-corrected chi connectivity index (χ4v) is 5.98. The Morgan fingerprint density at radius 1 is 1.05 bits per heavy atom. The van der Waals surface area contributed by atoms with Crippen molar-refractivity contribution in [2.24, 2.45) is 5.14 Å². The Balaban J connectivity index is 1.37. The molecule has 2 N–H and O–H groups in total. The van der Waals surface area contributed by atoms with Crippen LogP contribution in [0.2, 0.25) is 5.02 Å². The minimum absolute atomic E-state index is 0.0602. The molecule has 5 aromatic rings. The number of primary sulfonamides is 1. The summed E-state index contributed by atoms with van der Waals surface area (Å²) >= 11 is 7.84. The van der Waals surface area contributed by atoms with Crippen LogP contribution >= 0.6 is 23.4 Å². The highest BCUT2D eigenvalue weighted by atomic mass is 35.5. The topological polar surface area (TPSA) is 139 Å². The van der Waals surface area contributed by atoms with Crippen molar-refractivity contribution in [2.45, 2.75) is 22.1 Å². The zero-order chi connectivity index (χ0) is 26.7. The number of thioether (sulfide) groups is 1. The van der Waals surface area contributed by atoms with Crippen molar-refractivity contribution >= 4 is 33.4 Å². The second-order valence-electron chi connectivity index (χ2n) is 8.13. The van der Waals surface area contributed by atoms with E-state index in [4.69, 9.17) is 25.9 Å². The van der Waals surface area contributed by atoms with E-state index in [1.165, 1.54) is 17.8 Å².